The highest BCUT2D eigenvalue weighted by molar-refractivity contribution is 5.97. The second kappa shape index (κ2) is 9.87. The molecule has 1 rings (SSSR count). The molecule has 0 saturated carbocycles. The average molecular weight is 322 g/mol. The van der Waals surface area contributed by atoms with Gasteiger partial charge in [-0.2, -0.15) is 0 Å². The molecule has 5 nitrogen and oxygen atoms in total. The third-order valence-corrected chi connectivity index (χ3v) is 3.66. The maximum atomic E-state index is 11.5. The molecule has 0 heterocycles. The highest BCUT2D eigenvalue weighted by atomic mass is 16.5. The zero-order valence-corrected chi connectivity index (χ0v) is 13.9. The van der Waals surface area contributed by atoms with Crippen LogP contribution >= 0.6 is 0 Å². The van der Waals surface area contributed by atoms with E-state index in [1.165, 1.54) is 6.92 Å². The Morgan fingerprint density at radius 1 is 1.13 bits per heavy atom. The number of phenols is 1. The summed E-state index contributed by atoms with van der Waals surface area (Å²) in [7, 11) is 0. The number of carbonyl (C=O) groups is 2. The summed E-state index contributed by atoms with van der Waals surface area (Å²) >= 11 is 0. The number of unbranched alkanes of at least 4 members (excludes halogenated alkanes) is 3. The smallest absolute Gasteiger partial charge is 0.303 e. The van der Waals surface area contributed by atoms with Crippen molar-refractivity contribution in [3.05, 3.63) is 23.3 Å². The van der Waals surface area contributed by atoms with Crippen LogP contribution in [0, 0.1) is 0 Å². The quantitative estimate of drug-likeness (QED) is 0.476. The van der Waals surface area contributed by atoms with Crippen LogP contribution in [-0.2, 0) is 11.2 Å². The molecule has 0 amide bonds. The van der Waals surface area contributed by atoms with Gasteiger partial charge in [0, 0.05) is 12.0 Å². The van der Waals surface area contributed by atoms with Gasteiger partial charge in [0.25, 0.3) is 0 Å². The molecule has 0 aliphatic carbocycles. The van der Waals surface area contributed by atoms with Crippen LogP contribution in [0.3, 0.4) is 0 Å². The van der Waals surface area contributed by atoms with Gasteiger partial charge in [-0.15, -0.1) is 0 Å². The summed E-state index contributed by atoms with van der Waals surface area (Å²) in [5, 5.41) is 18.8. The van der Waals surface area contributed by atoms with Gasteiger partial charge in [-0.25, -0.2) is 0 Å². The Hall–Kier alpha value is -2.04. The van der Waals surface area contributed by atoms with E-state index in [4.69, 9.17) is 9.84 Å². The summed E-state index contributed by atoms with van der Waals surface area (Å²) in [5.74, 6) is -0.269. The van der Waals surface area contributed by atoms with E-state index in [-0.39, 0.29) is 18.0 Å². The number of hydrogen-bond acceptors (Lipinski definition) is 4. The van der Waals surface area contributed by atoms with Crippen molar-refractivity contribution in [2.75, 3.05) is 6.61 Å². The zero-order valence-electron chi connectivity index (χ0n) is 13.9. The van der Waals surface area contributed by atoms with Gasteiger partial charge < -0.3 is 14.9 Å². The fourth-order valence-corrected chi connectivity index (χ4v) is 2.44. The van der Waals surface area contributed by atoms with Crippen molar-refractivity contribution in [1.82, 2.24) is 0 Å². The van der Waals surface area contributed by atoms with Gasteiger partial charge >= 0.3 is 5.97 Å². The molecule has 5 heteroatoms. The van der Waals surface area contributed by atoms with Crippen molar-refractivity contribution < 1.29 is 24.5 Å². The van der Waals surface area contributed by atoms with E-state index in [1.807, 2.05) is 6.92 Å². The van der Waals surface area contributed by atoms with Crippen molar-refractivity contribution in [1.29, 1.82) is 0 Å². The van der Waals surface area contributed by atoms with Crippen LogP contribution < -0.4 is 4.74 Å². The van der Waals surface area contributed by atoms with Gasteiger partial charge in [0.15, 0.2) is 5.78 Å². The van der Waals surface area contributed by atoms with Crippen molar-refractivity contribution in [3.8, 4) is 11.5 Å². The molecule has 0 aliphatic heterocycles. The van der Waals surface area contributed by atoms with Gasteiger partial charge in [-0.3, -0.25) is 9.59 Å². The molecular formula is C18H26O5. The molecule has 1 aromatic carbocycles. The lowest BCUT2D eigenvalue weighted by atomic mass is 10.0. The van der Waals surface area contributed by atoms with Crippen LogP contribution in [0.4, 0.5) is 0 Å². The number of hydrogen-bond donors (Lipinski definition) is 2. The lowest BCUT2D eigenvalue weighted by Crippen LogP contribution is -2.03. The number of carboxylic acids is 1. The zero-order chi connectivity index (χ0) is 17.2. The van der Waals surface area contributed by atoms with Gasteiger partial charge in [0.05, 0.1) is 12.2 Å². The third-order valence-electron chi connectivity index (χ3n) is 3.66. The van der Waals surface area contributed by atoms with Gasteiger partial charge in [-0.05, 0) is 38.3 Å². The predicted octanol–water partition coefficient (Wildman–Crippen LogP) is 3.96. The first-order valence-corrected chi connectivity index (χ1v) is 8.17. The lowest BCUT2D eigenvalue weighted by molar-refractivity contribution is -0.137. The van der Waals surface area contributed by atoms with Crippen LogP contribution in [0.15, 0.2) is 12.1 Å². The molecule has 0 unspecified atom stereocenters. The van der Waals surface area contributed by atoms with Gasteiger partial charge in [0.2, 0.25) is 0 Å². The number of carboxylic acid groups (broad SMARTS) is 1. The summed E-state index contributed by atoms with van der Waals surface area (Å²) < 4.78 is 5.75. The number of aliphatic carboxylic acids is 1. The summed E-state index contributed by atoms with van der Waals surface area (Å²) in [6.45, 7) is 3.96. The molecule has 0 aromatic heterocycles. The molecule has 0 spiro atoms. The van der Waals surface area contributed by atoms with Crippen LogP contribution in [0.1, 0.15) is 68.3 Å². The normalized spacial score (nSPS) is 10.5. The fourth-order valence-electron chi connectivity index (χ4n) is 2.44. The van der Waals surface area contributed by atoms with E-state index < -0.39 is 5.97 Å². The fraction of sp³-hybridized carbons (Fsp3) is 0.556. The van der Waals surface area contributed by atoms with E-state index >= 15 is 0 Å². The van der Waals surface area contributed by atoms with Crippen LogP contribution in [0.2, 0.25) is 0 Å². The van der Waals surface area contributed by atoms with Crippen molar-refractivity contribution in [3.63, 3.8) is 0 Å². The monoisotopic (exact) mass is 322 g/mol. The van der Waals surface area contributed by atoms with Gasteiger partial charge in [-0.1, -0.05) is 26.2 Å². The Labute approximate surface area is 137 Å². The second-order valence-electron chi connectivity index (χ2n) is 5.65. The minimum Gasteiger partial charge on any atom is -0.507 e. The number of rotatable bonds is 11. The van der Waals surface area contributed by atoms with Crippen molar-refractivity contribution in [2.45, 2.75) is 58.8 Å². The number of Topliss-reactive ketones (excluding diaryl/α,β-unsaturated/α-hetero) is 1. The van der Waals surface area contributed by atoms with Crippen LogP contribution in [0.5, 0.6) is 11.5 Å². The first-order chi connectivity index (χ1) is 11.0. The van der Waals surface area contributed by atoms with E-state index in [9.17, 15) is 14.7 Å². The Kier molecular flexibility index (Phi) is 8.16. The molecule has 0 fully saturated rings. The molecule has 0 radical (unpaired) electrons. The number of phenolic OH excluding ortho intramolecular Hbond substituents is 1. The van der Waals surface area contributed by atoms with Crippen molar-refractivity contribution >= 4 is 11.8 Å². The minimum atomic E-state index is -0.758. The summed E-state index contributed by atoms with van der Waals surface area (Å²) in [6.07, 6.45) is 5.01. The van der Waals surface area contributed by atoms with E-state index in [0.29, 0.717) is 36.3 Å². The third kappa shape index (κ3) is 6.30. The van der Waals surface area contributed by atoms with Gasteiger partial charge in [0.1, 0.15) is 11.5 Å². The molecule has 0 aliphatic rings. The second-order valence-corrected chi connectivity index (χ2v) is 5.65. The maximum absolute atomic E-state index is 11.5. The average Bonchev–Trinajstić information content (AvgIpc) is 2.48. The largest absolute Gasteiger partial charge is 0.507 e. The number of ketones is 1. The number of aromatic hydroxyl groups is 1. The summed E-state index contributed by atoms with van der Waals surface area (Å²) in [4.78, 5) is 21.9. The maximum Gasteiger partial charge on any atom is 0.303 e. The molecule has 1 aromatic rings. The molecule has 128 valence electrons. The first-order valence-electron chi connectivity index (χ1n) is 8.17. The highest BCUT2D eigenvalue weighted by Gasteiger charge is 2.15. The van der Waals surface area contributed by atoms with E-state index in [1.54, 1.807) is 12.1 Å². The molecule has 2 N–H and O–H groups in total. The predicted molar refractivity (Wildman–Crippen MR) is 88.3 cm³/mol. The lowest BCUT2D eigenvalue weighted by Gasteiger charge is -2.14. The standard InChI is InChI=1S/C18H26O5/c1-3-8-15-16(11-10-14(13(2)19)18(15)22)23-12-7-5-4-6-9-17(20)21/h10-11,22H,3-9,12H2,1-2H3,(H,20,21). The van der Waals surface area contributed by atoms with Crippen molar-refractivity contribution in [2.24, 2.45) is 0 Å². The summed E-state index contributed by atoms with van der Waals surface area (Å²) in [6, 6.07) is 3.34. The molecular weight excluding hydrogens is 296 g/mol. The molecule has 0 saturated heterocycles. The summed E-state index contributed by atoms with van der Waals surface area (Å²) in [5.41, 5.74) is 1.01. The Morgan fingerprint density at radius 2 is 1.83 bits per heavy atom. The Morgan fingerprint density at radius 3 is 2.43 bits per heavy atom. The van der Waals surface area contributed by atoms with Crippen LogP contribution in [0.25, 0.3) is 0 Å². The topological polar surface area (TPSA) is 83.8 Å². The Balaban J connectivity index is 2.54. The Bertz CT molecular complexity index is 536. The van der Waals surface area contributed by atoms with E-state index in [2.05, 4.69) is 0 Å². The number of ether oxygens (including phenoxy) is 1. The first kappa shape index (κ1) is 19.0. The number of benzene rings is 1. The molecule has 0 atom stereocenters. The SMILES string of the molecule is CCCc1c(OCCCCCCC(=O)O)ccc(C(C)=O)c1O. The van der Waals surface area contributed by atoms with E-state index in [0.717, 1.165) is 25.7 Å². The minimum absolute atomic E-state index is 0.0262. The highest BCUT2D eigenvalue weighted by Crippen LogP contribution is 2.33. The molecule has 0 bridgehead atoms. The molecule has 23 heavy (non-hydrogen) atoms. The van der Waals surface area contributed by atoms with Crippen LogP contribution in [-0.4, -0.2) is 28.6 Å². The number of carbonyl (C=O) groups excluding carboxylic acids is 1.